The first kappa shape index (κ1) is 93.1. The Morgan fingerprint density at radius 1 is 0.373 bits per heavy atom. The van der Waals surface area contributed by atoms with Crippen molar-refractivity contribution in [3.8, 4) is 0 Å². The summed E-state index contributed by atoms with van der Waals surface area (Å²) in [5.74, 6) is -20.4. The van der Waals surface area contributed by atoms with Crippen LogP contribution in [-0.4, -0.2) is 242 Å². The monoisotopic (exact) mass is 1490 g/mol. The number of rotatable bonds is 48. The molecule has 0 spiro atoms. The van der Waals surface area contributed by atoms with Gasteiger partial charge in [-0.25, -0.2) is 4.79 Å². The summed E-state index contributed by atoms with van der Waals surface area (Å²) in [5.41, 5.74) is 38.5. The third-order valence-corrected chi connectivity index (χ3v) is 16.2. The van der Waals surface area contributed by atoms with Crippen LogP contribution in [0, 0.1) is 23.7 Å². The molecule has 0 aliphatic rings. The maximum atomic E-state index is 14.3. The number of carboxylic acids is 1. The van der Waals surface area contributed by atoms with Crippen molar-refractivity contribution in [2.75, 3.05) is 24.6 Å². The van der Waals surface area contributed by atoms with Gasteiger partial charge in [-0.2, -0.15) is 25.3 Å². The highest BCUT2D eigenvalue weighted by Crippen LogP contribution is 2.15. The Hall–Kier alpha value is -8.87. The number of aliphatic carboxylic acids is 1. The molecule has 0 aliphatic carbocycles. The summed E-state index contributed by atoms with van der Waals surface area (Å²) in [6, 6.07) is -21.0. The van der Waals surface area contributed by atoms with E-state index in [1.807, 2.05) is 0 Å². The Bertz CT molecular complexity index is 2940. The van der Waals surface area contributed by atoms with Crippen molar-refractivity contribution in [3.05, 3.63) is 0 Å². The van der Waals surface area contributed by atoms with Crippen molar-refractivity contribution < 1.29 is 92.3 Å². The summed E-state index contributed by atoms with van der Waals surface area (Å²) in [7, 11) is 0. The molecule has 14 amide bonds. The van der Waals surface area contributed by atoms with E-state index < -0.39 is 222 Å². The minimum absolute atomic E-state index is 0.0212. The third kappa shape index (κ3) is 34.2. The van der Waals surface area contributed by atoms with E-state index in [9.17, 15) is 92.3 Å². The van der Waals surface area contributed by atoms with Crippen molar-refractivity contribution in [3.63, 3.8) is 0 Å². The number of nitrogens with two attached hydrogens (primary N) is 7. The average Bonchev–Trinajstić information content (AvgIpc) is 0.849. The second kappa shape index (κ2) is 46.6. The lowest BCUT2D eigenvalue weighted by Crippen LogP contribution is -2.63. The molecule has 580 valence electrons. The number of guanidine groups is 2. The van der Waals surface area contributed by atoms with Crippen LogP contribution >= 0.6 is 25.3 Å². The fourth-order valence-electron chi connectivity index (χ4n) is 9.37. The van der Waals surface area contributed by atoms with E-state index in [1.54, 1.807) is 41.5 Å². The van der Waals surface area contributed by atoms with Crippen molar-refractivity contribution in [2.45, 2.75) is 224 Å². The van der Waals surface area contributed by atoms with Crippen LogP contribution in [0.4, 0.5) is 0 Å². The largest absolute Gasteiger partial charge is 0.480 e. The van der Waals surface area contributed by atoms with E-state index in [2.05, 4.69) is 99.0 Å². The molecule has 0 aromatic rings. The molecular weight excluding hydrogens is 1380 g/mol. The number of hydrogen-bond donors (Lipinski definition) is 25. The van der Waals surface area contributed by atoms with Crippen molar-refractivity contribution in [1.82, 2.24) is 63.8 Å². The Labute approximate surface area is 602 Å². The highest BCUT2D eigenvalue weighted by molar-refractivity contribution is 7.80. The minimum Gasteiger partial charge on any atom is -0.480 e. The van der Waals surface area contributed by atoms with E-state index >= 15 is 0 Å². The molecule has 0 aromatic heterocycles. The van der Waals surface area contributed by atoms with E-state index in [0.717, 1.165) is 13.8 Å². The molecular formula is C60H109N21O19S2. The SMILES string of the molecule is CC[C@H](C)[C@H](NC(=O)[C@H](CC(N)=O)NC(=O)[C@@H](NC(=O)[C@@H](N)[C@@H](C)O)[C@@H](C)O)C(=O)N[C@H](C(=O)N[C@H](C(=O)N[C@@H](CCCN=C(N)N)C(=O)N[C@@H](CS)C(=O)N[C@@H](CC(C)C)C(=O)N[C@@H](CC(N)=O)C(=O)N[C@@H](CCCN=C(N)N)C(=O)N[C@H](C(=O)N[C@@H](CS)C(=O)O)C(C)C)[C@@H](C)O)C(C)C. The number of amides is 14. The van der Waals surface area contributed by atoms with E-state index in [0.29, 0.717) is 0 Å². The number of nitrogens with one attached hydrogen (secondary N) is 12. The average molecular weight is 1490 g/mol. The Morgan fingerprint density at radius 2 is 0.667 bits per heavy atom. The van der Waals surface area contributed by atoms with Crippen LogP contribution in [-0.2, 0) is 71.9 Å². The number of primary amides is 2. The van der Waals surface area contributed by atoms with Gasteiger partial charge < -0.3 is 124 Å². The van der Waals surface area contributed by atoms with Crippen LogP contribution in [0.3, 0.4) is 0 Å². The zero-order valence-corrected chi connectivity index (χ0v) is 61.1. The normalized spacial score (nSPS) is 16.2. The van der Waals surface area contributed by atoms with Gasteiger partial charge in [0.05, 0.1) is 31.2 Å². The first-order chi connectivity index (χ1) is 47.3. The number of carbonyl (C=O) groups is 15. The molecule has 0 bridgehead atoms. The van der Waals surface area contributed by atoms with Crippen molar-refractivity contribution in [2.24, 2.45) is 73.8 Å². The molecule has 0 saturated heterocycles. The molecule has 0 radical (unpaired) electrons. The standard InChI is InChI=1S/C60H109N21O19S2/c1-12-27(8)43(79-50(91)35(21-39(62)86)74-57(98)44(29(10)83)80-52(93)40(63)28(9)82)55(96)78-42(26(6)7)54(95)81-45(30(11)84)56(97)71-31(15-13-17-68-59(64)65)46(87)75-36(22-101)51(92)72-33(19-24(2)3)48(89)73-34(20-38(61)85)49(90)70-32(16-14-18-69-60(66)67)47(88)77-41(25(4)5)53(94)76-37(23-102)58(99)100/h24-37,40-45,82-84,101-102H,12-23,63H2,1-11H3,(H2,61,85)(H2,62,86)(H,70,90)(H,71,97)(H,72,92)(H,73,89)(H,74,98)(H,75,87)(H,76,94)(H,77,88)(H,78,96)(H,79,91)(H,80,93)(H,81,95)(H,99,100)(H4,64,65,68)(H4,66,67,69)/t27-,28+,29+,30+,31-,32-,33-,34-,35-,36-,37-,40-,41-,42-,43-,44-,45-/m0/s1. The molecule has 102 heavy (non-hydrogen) atoms. The smallest absolute Gasteiger partial charge is 0.327 e. The first-order valence-corrected chi connectivity index (χ1v) is 34.2. The van der Waals surface area contributed by atoms with E-state index in [4.69, 9.17) is 40.1 Å². The van der Waals surface area contributed by atoms with Gasteiger partial charge in [-0.3, -0.25) is 77.1 Å². The zero-order valence-electron chi connectivity index (χ0n) is 59.3. The van der Waals surface area contributed by atoms with Crippen LogP contribution < -0.4 is 104 Å². The molecule has 0 aromatic carbocycles. The number of hydrogen-bond acceptors (Lipinski definition) is 23. The Balaban J connectivity index is 7.04. The predicted octanol–water partition coefficient (Wildman–Crippen LogP) is -9.52. The molecule has 0 saturated carbocycles. The van der Waals surface area contributed by atoms with E-state index in [1.165, 1.54) is 20.8 Å². The fourth-order valence-corrected chi connectivity index (χ4v) is 9.87. The highest BCUT2D eigenvalue weighted by Gasteiger charge is 2.40. The molecule has 42 heteroatoms. The molecule has 30 N–H and O–H groups in total. The van der Waals surface area contributed by atoms with Crippen LogP contribution in [0.25, 0.3) is 0 Å². The molecule has 0 unspecified atom stereocenters. The van der Waals surface area contributed by atoms with Crippen molar-refractivity contribution in [1.29, 1.82) is 0 Å². The molecule has 40 nitrogen and oxygen atoms in total. The summed E-state index contributed by atoms with van der Waals surface area (Å²) in [4.78, 5) is 211. The highest BCUT2D eigenvalue weighted by atomic mass is 32.1. The number of carboxylic acid groups (broad SMARTS) is 1. The lowest BCUT2D eigenvalue weighted by atomic mass is 9.95. The van der Waals surface area contributed by atoms with Gasteiger partial charge in [0.25, 0.3) is 0 Å². The van der Waals surface area contributed by atoms with Crippen LogP contribution in [0.1, 0.15) is 128 Å². The van der Waals surface area contributed by atoms with Gasteiger partial charge >= 0.3 is 5.97 Å². The van der Waals surface area contributed by atoms with Crippen LogP contribution in [0.5, 0.6) is 0 Å². The van der Waals surface area contributed by atoms with Gasteiger partial charge in [-0.1, -0.05) is 61.8 Å². The Morgan fingerprint density at radius 3 is 1.05 bits per heavy atom. The summed E-state index contributed by atoms with van der Waals surface area (Å²) >= 11 is 8.21. The quantitative estimate of drug-likeness (QED) is 0.0116. The summed E-state index contributed by atoms with van der Waals surface area (Å²) < 4.78 is 0. The van der Waals surface area contributed by atoms with E-state index in [-0.39, 0.29) is 75.2 Å². The third-order valence-electron chi connectivity index (χ3n) is 15.4. The lowest BCUT2D eigenvalue weighted by Gasteiger charge is -2.31. The molecule has 0 heterocycles. The summed E-state index contributed by atoms with van der Waals surface area (Å²) in [5, 5.41) is 69.4. The first-order valence-electron chi connectivity index (χ1n) is 32.9. The molecule has 0 rings (SSSR count). The van der Waals surface area contributed by atoms with Gasteiger partial charge in [0, 0.05) is 24.6 Å². The fraction of sp³-hybridized carbons (Fsp3) is 0.717. The van der Waals surface area contributed by atoms with Gasteiger partial charge in [-0.05, 0) is 76.5 Å². The van der Waals surface area contributed by atoms with Gasteiger partial charge in [-0.15, -0.1) is 0 Å². The van der Waals surface area contributed by atoms with Crippen LogP contribution in [0.15, 0.2) is 9.98 Å². The second-order valence-electron chi connectivity index (χ2n) is 25.6. The van der Waals surface area contributed by atoms with Gasteiger partial charge in [0.2, 0.25) is 82.7 Å². The maximum absolute atomic E-state index is 14.3. The molecule has 0 aliphatic heterocycles. The maximum Gasteiger partial charge on any atom is 0.327 e. The number of thiol groups is 2. The zero-order chi connectivity index (χ0) is 78.7. The number of aliphatic imine (C=N–C) groups is 2. The van der Waals surface area contributed by atoms with Crippen LogP contribution in [0.2, 0.25) is 0 Å². The summed E-state index contributed by atoms with van der Waals surface area (Å²) in [6.45, 7) is 15.9. The Kier molecular flexibility index (Phi) is 42.6. The minimum atomic E-state index is -1.89. The van der Waals surface area contributed by atoms with Gasteiger partial charge in [0.1, 0.15) is 78.5 Å². The topological polar surface area (TPSA) is 688 Å². The van der Waals surface area contributed by atoms with Crippen molar-refractivity contribution >= 4 is 126 Å². The number of nitrogens with zero attached hydrogens (tertiary/aromatic N) is 2. The molecule has 17 atom stereocenters. The van der Waals surface area contributed by atoms with Gasteiger partial charge in [0.15, 0.2) is 11.9 Å². The number of aliphatic hydroxyl groups excluding tert-OH is 3. The second-order valence-corrected chi connectivity index (χ2v) is 26.3. The number of carbonyl (C=O) groups excluding carboxylic acids is 14. The summed E-state index contributed by atoms with van der Waals surface area (Å²) in [6.07, 6.45) is -6.86. The number of aliphatic hydroxyl groups is 3. The predicted molar refractivity (Wildman–Crippen MR) is 378 cm³/mol. The molecule has 0 fully saturated rings. The lowest BCUT2D eigenvalue weighted by molar-refractivity contribution is -0.142.